The number of nitrogens with zero attached hydrogens (tertiary/aromatic N) is 1. The van der Waals surface area contributed by atoms with Gasteiger partial charge in [-0.3, -0.25) is 0 Å². The predicted molar refractivity (Wildman–Crippen MR) is 111 cm³/mol. The van der Waals surface area contributed by atoms with Gasteiger partial charge >= 0.3 is 5.97 Å². The molecule has 3 aromatic rings. The van der Waals surface area contributed by atoms with Gasteiger partial charge in [-0.05, 0) is 55.4 Å². The number of ether oxygens (including phenoxy) is 1. The lowest BCUT2D eigenvalue weighted by atomic mass is 10.0. The number of nitrogens with one attached hydrogen (secondary N) is 2. The minimum absolute atomic E-state index is 0.326. The zero-order chi connectivity index (χ0) is 18.8. The maximum absolute atomic E-state index is 11.9. The molecule has 0 aliphatic carbocycles. The molecule has 1 aliphatic heterocycles. The first-order chi connectivity index (χ1) is 13.2. The molecule has 0 spiro atoms. The average Bonchev–Trinajstić information content (AvgIpc) is 3.06. The Balaban J connectivity index is 1.48. The lowest BCUT2D eigenvalue weighted by Crippen LogP contribution is -2.38. The van der Waals surface area contributed by atoms with Crippen molar-refractivity contribution in [3.05, 3.63) is 65.4 Å². The highest BCUT2D eigenvalue weighted by Gasteiger charge is 2.22. The second-order valence-corrected chi connectivity index (χ2v) is 6.92. The molecule has 0 radical (unpaired) electrons. The number of hydrogen-bond acceptors (Lipinski definition) is 3. The van der Waals surface area contributed by atoms with E-state index in [1.807, 2.05) is 18.2 Å². The molecule has 2 aromatic carbocycles. The Kier molecular flexibility index (Phi) is 4.81. The minimum atomic E-state index is -0.326. The molecular formula is C21H21N3O2S. The van der Waals surface area contributed by atoms with Crippen LogP contribution in [0.5, 0.6) is 0 Å². The summed E-state index contributed by atoms with van der Waals surface area (Å²) >= 11 is 5.61. The SMILES string of the molecule is CCOC(=O)c1cccc(NC(=S)N2CCc3c([nH]c4ccccc34)C2)c1. The van der Waals surface area contributed by atoms with Gasteiger partial charge in [0, 0.05) is 28.8 Å². The molecule has 0 saturated heterocycles. The zero-order valence-corrected chi connectivity index (χ0v) is 15.9. The second-order valence-electron chi connectivity index (χ2n) is 6.53. The van der Waals surface area contributed by atoms with E-state index in [1.54, 1.807) is 19.1 Å². The van der Waals surface area contributed by atoms with Crippen molar-refractivity contribution in [1.29, 1.82) is 0 Å². The summed E-state index contributed by atoms with van der Waals surface area (Å²) in [4.78, 5) is 17.6. The van der Waals surface area contributed by atoms with Crippen LogP contribution in [-0.2, 0) is 17.7 Å². The number of aromatic nitrogens is 1. The molecule has 1 aliphatic rings. The third kappa shape index (κ3) is 3.53. The van der Waals surface area contributed by atoms with E-state index in [0.29, 0.717) is 17.3 Å². The van der Waals surface area contributed by atoms with Crippen molar-refractivity contribution >= 4 is 39.9 Å². The van der Waals surface area contributed by atoms with Crippen molar-refractivity contribution in [1.82, 2.24) is 9.88 Å². The third-order valence-corrected chi connectivity index (χ3v) is 5.16. The highest BCUT2D eigenvalue weighted by atomic mass is 32.1. The molecule has 0 amide bonds. The van der Waals surface area contributed by atoms with E-state index >= 15 is 0 Å². The van der Waals surface area contributed by atoms with E-state index in [-0.39, 0.29) is 5.97 Å². The van der Waals surface area contributed by atoms with Crippen molar-refractivity contribution in [2.75, 3.05) is 18.5 Å². The Morgan fingerprint density at radius 1 is 1.26 bits per heavy atom. The summed E-state index contributed by atoms with van der Waals surface area (Å²) in [7, 11) is 0. The molecule has 5 nitrogen and oxygen atoms in total. The van der Waals surface area contributed by atoms with Crippen LogP contribution in [0.2, 0.25) is 0 Å². The van der Waals surface area contributed by atoms with Crippen molar-refractivity contribution in [3.63, 3.8) is 0 Å². The Labute approximate surface area is 163 Å². The fourth-order valence-electron chi connectivity index (χ4n) is 3.51. The summed E-state index contributed by atoms with van der Waals surface area (Å²) in [5.41, 5.74) is 5.07. The first kappa shape index (κ1) is 17.5. The van der Waals surface area contributed by atoms with Crippen molar-refractivity contribution in [3.8, 4) is 0 Å². The number of rotatable bonds is 3. The number of benzene rings is 2. The van der Waals surface area contributed by atoms with Crippen molar-refractivity contribution < 1.29 is 9.53 Å². The number of thiocarbonyl (C=S) groups is 1. The molecule has 1 aromatic heterocycles. The van der Waals surface area contributed by atoms with E-state index in [1.165, 1.54) is 22.2 Å². The quantitative estimate of drug-likeness (QED) is 0.530. The molecule has 6 heteroatoms. The number of anilines is 1. The van der Waals surface area contributed by atoms with Crippen LogP contribution in [0.15, 0.2) is 48.5 Å². The first-order valence-corrected chi connectivity index (χ1v) is 9.48. The molecule has 138 valence electrons. The Bertz CT molecular complexity index is 1010. The van der Waals surface area contributed by atoms with Gasteiger partial charge in [-0.2, -0.15) is 0 Å². The lowest BCUT2D eigenvalue weighted by Gasteiger charge is -2.29. The van der Waals surface area contributed by atoms with E-state index < -0.39 is 0 Å². The fourth-order valence-corrected chi connectivity index (χ4v) is 3.78. The molecule has 0 bridgehead atoms. The number of esters is 1. The van der Waals surface area contributed by atoms with E-state index in [4.69, 9.17) is 17.0 Å². The summed E-state index contributed by atoms with van der Waals surface area (Å²) in [6.45, 7) is 3.75. The summed E-state index contributed by atoms with van der Waals surface area (Å²) in [6.07, 6.45) is 0.948. The molecule has 4 rings (SSSR count). The monoisotopic (exact) mass is 379 g/mol. The molecule has 0 unspecified atom stereocenters. The van der Waals surface area contributed by atoms with Gasteiger partial charge in [0.05, 0.1) is 18.7 Å². The Morgan fingerprint density at radius 3 is 2.96 bits per heavy atom. The largest absolute Gasteiger partial charge is 0.462 e. The molecular weight excluding hydrogens is 358 g/mol. The smallest absolute Gasteiger partial charge is 0.338 e. The summed E-state index contributed by atoms with van der Waals surface area (Å²) in [5, 5.41) is 5.20. The third-order valence-electron chi connectivity index (χ3n) is 4.79. The number of para-hydroxylation sites is 1. The van der Waals surface area contributed by atoms with E-state index in [9.17, 15) is 4.79 Å². The van der Waals surface area contributed by atoms with Crippen LogP contribution in [-0.4, -0.2) is 34.1 Å². The molecule has 0 saturated carbocycles. The number of carbonyl (C=O) groups excluding carboxylic acids is 1. The van der Waals surface area contributed by atoms with E-state index in [2.05, 4.69) is 33.4 Å². The number of hydrogen-bond donors (Lipinski definition) is 2. The van der Waals surface area contributed by atoms with Crippen LogP contribution in [0.4, 0.5) is 5.69 Å². The van der Waals surface area contributed by atoms with Gasteiger partial charge < -0.3 is 19.9 Å². The van der Waals surface area contributed by atoms with Crippen LogP contribution >= 0.6 is 12.2 Å². The molecule has 2 N–H and O–H groups in total. The number of fused-ring (bicyclic) bond motifs is 3. The van der Waals surface area contributed by atoms with E-state index in [0.717, 1.165) is 25.2 Å². The molecule has 27 heavy (non-hydrogen) atoms. The summed E-state index contributed by atoms with van der Waals surface area (Å²) in [5.74, 6) is -0.326. The maximum Gasteiger partial charge on any atom is 0.338 e. The van der Waals surface area contributed by atoms with Gasteiger partial charge in [-0.25, -0.2) is 4.79 Å². The number of carbonyl (C=O) groups is 1. The van der Waals surface area contributed by atoms with Gasteiger partial charge in [-0.15, -0.1) is 0 Å². The lowest BCUT2D eigenvalue weighted by molar-refractivity contribution is 0.0526. The topological polar surface area (TPSA) is 57.4 Å². The highest BCUT2D eigenvalue weighted by molar-refractivity contribution is 7.80. The standard InChI is InChI=1S/C21H21N3O2S/c1-2-26-20(25)14-6-5-7-15(12-14)22-21(27)24-11-10-17-16-8-3-4-9-18(16)23-19(17)13-24/h3-9,12,23H,2,10-11,13H2,1H3,(H,22,27). The van der Waals surface area contributed by atoms with Gasteiger partial charge in [0.15, 0.2) is 5.11 Å². The Morgan fingerprint density at radius 2 is 2.11 bits per heavy atom. The molecule has 0 atom stereocenters. The van der Waals surface area contributed by atoms with Crippen LogP contribution in [0, 0.1) is 0 Å². The number of H-pyrrole nitrogens is 1. The molecule has 2 heterocycles. The minimum Gasteiger partial charge on any atom is -0.462 e. The van der Waals surface area contributed by atoms with Gasteiger partial charge in [-0.1, -0.05) is 24.3 Å². The van der Waals surface area contributed by atoms with Crippen LogP contribution in [0.3, 0.4) is 0 Å². The zero-order valence-electron chi connectivity index (χ0n) is 15.1. The maximum atomic E-state index is 11.9. The number of aromatic amines is 1. The summed E-state index contributed by atoms with van der Waals surface area (Å²) in [6, 6.07) is 15.6. The summed E-state index contributed by atoms with van der Waals surface area (Å²) < 4.78 is 5.06. The van der Waals surface area contributed by atoms with Crippen LogP contribution in [0.1, 0.15) is 28.5 Å². The second kappa shape index (κ2) is 7.40. The fraction of sp³-hybridized carbons (Fsp3) is 0.238. The van der Waals surface area contributed by atoms with Crippen molar-refractivity contribution in [2.45, 2.75) is 19.9 Å². The Hall–Kier alpha value is -2.86. The van der Waals surface area contributed by atoms with Crippen LogP contribution < -0.4 is 5.32 Å². The highest BCUT2D eigenvalue weighted by Crippen LogP contribution is 2.27. The normalized spacial score (nSPS) is 13.3. The first-order valence-electron chi connectivity index (χ1n) is 9.07. The predicted octanol–water partition coefficient (Wildman–Crippen LogP) is 4.10. The van der Waals surface area contributed by atoms with Crippen molar-refractivity contribution in [2.24, 2.45) is 0 Å². The average molecular weight is 379 g/mol. The molecule has 0 fully saturated rings. The van der Waals surface area contributed by atoms with Gasteiger partial charge in [0.2, 0.25) is 0 Å². The van der Waals surface area contributed by atoms with Gasteiger partial charge in [0.25, 0.3) is 0 Å². The van der Waals surface area contributed by atoms with Gasteiger partial charge in [0.1, 0.15) is 0 Å². The van der Waals surface area contributed by atoms with Crippen LogP contribution in [0.25, 0.3) is 10.9 Å².